The Hall–Kier alpha value is -8.50. The topological polar surface area (TPSA) is 84.0 Å². The number of anilines is 6. The second-order valence-electron chi connectivity index (χ2n) is 24.8. The van der Waals surface area contributed by atoms with E-state index in [1.807, 2.05) is 48.5 Å². The molecule has 2 atom stereocenters. The molecule has 4 aliphatic heterocycles. The minimum atomic E-state index is -1.18. The molecule has 84 heavy (non-hydrogen) atoms. The zero-order valence-corrected chi connectivity index (χ0v) is 49.7. The van der Waals surface area contributed by atoms with Crippen LogP contribution in [0.1, 0.15) is 161 Å². The zero-order chi connectivity index (χ0) is 57.8. The maximum absolute atomic E-state index is 13.9. The van der Waals surface area contributed by atoms with E-state index in [1.54, 1.807) is 0 Å². The van der Waals surface area contributed by atoms with Gasteiger partial charge in [0.25, 0.3) is 0 Å². The van der Waals surface area contributed by atoms with Crippen LogP contribution >= 0.6 is 0 Å². The Morgan fingerprint density at radius 2 is 0.810 bits per heavy atom. The van der Waals surface area contributed by atoms with Crippen molar-refractivity contribution >= 4 is 46.1 Å². The van der Waals surface area contributed by atoms with Gasteiger partial charge in [0.15, 0.2) is 11.2 Å². The fourth-order valence-electron chi connectivity index (χ4n) is 15.1. The van der Waals surface area contributed by atoms with Gasteiger partial charge in [-0.15, -0.1) is 0 Å². The van der Waals surface area contributed by atoms with Crippen molar-refractivity contribution in [2.24, 2.45) is 0 Å². The second kappa shape index (κ2) is 20.4. The summed E-state index contributed by atoms with van der Waals surface area (Å²) in [5, 5.41) is 0. The third kappa shape index (κ3) is 8.24. The Balaban J connectivity index is 0.746. The van der Waals surface area contributed by atoms with Crippen LogP contribution in [0.15, 0.2) is 158 Å². The van der Waals surface area contributed by atoms with Gasteiger partial charge < -0.3 is 38.5 Å². The number of benzene rings is 8. The highest BCUT2D eigenvalue weighted by molar-refractivity contribution is 5.98. The van der Waals surface area contributed by atoms with Crippen LogP contribution in [0.25, 0.3) is 0 Å². The van der Waals surface area contributed by atoms with E-state index in [0.717, 1.165) is 85.1 Å². The molecule has 8 aromatic rings. The number of hydrogen-bond donors (Lipinski definition) is 0. The summed E-state index contributed by atoms with van der Waals surface area (Å²) in [4.78, 5) is 37.1. The number of carbonyl (C=O) groups is 2. The Morgan fingerprint density at radius 3 is 1.20 bits per heavy atom. The number of hydrogen-bond acceptors (Lipinski definition) is 10. The van der Waals surface area contributed by atoms with E-state index >= 15 is 0 Å². The van der Waals surface area contributed by atoms with Crippen LogP contribution in [-0.2, 0) is 26.1 Å². The molecule has 8 aromatic carbocycles. The van der Waals surface area contributed by atoms with Crippen molar-refractivity contribution in [3.8, 4) is 23.0 Å². The molecule has 2 spiro atoms. The predicted octanol–water partition coefficient (Wildman–Crippen LogP) is 17.2. The van der Waals surface area contributed by atoms with E-state index in [2.05, 4.69) is 185 Å². The number of esters is 2. The highest BCUT2D eigenvalue weighted by atomic mass is 16.6. The number of rotatable bonds is 11. The Labute approximate surface area is 494 Å². The molecule has 10 heteroatoms. The second-order valence-corrected chi connectivity index (χ2v) is 24.8. The van der Waals surface area contributed by atoms with Crippen LogP contribution in [0, 0.1) is 13.8 Å². The van der Waals surface area contributed by atoms with Gasteiger partial charge in [0, 0.05) is 125 Å². The molecule has 0 bridgehead atoms. The van der Waals surface area contributed by atoms with Crippen molar-refractivity contribution in [3.63, 3.8) is 0 Å². The first-order chi connectivity index (χ1) is 40.7. The van der Waals surface area contributed by atoms with Crippen LogP contribution in [-0.4, -0.2) is 52.2 Å². The van der Waals surface area contributed by atoms with Crippen molar-refractivity contribution in [1.29, 1.82) is 0 Å². The molecule has 2 fully saturated rings. The maximum Gasteiger partial charge on any atom is 0.340 e. The summed E-state index contributed by atoms with van der Waals surface area (Å²) in [6, 6.07) is 55.8. The van der Waals surface area contributed by atoms with E-state index in [-0.39, 0.29) is 17.4 Å². The van der Waals surface area contributed by atoms with Gasteiger partial charge in [0.1, 0.15) is 23.0 Å². The number of nitrogens with zero attached hydrogens (tertiary/aromatic N) is 4. The van der Waals surface area contributed by atoms with Gasteiger partial charge in [-0.2, -0.15) is 0 Å². The van der Waals surface area contributed by atoms with Gasteiger partial charge in [-0.1, -0.05) is 113 Å². The Kier molecular flexibility index (Phi) is 13.0. The van der Waals surface area contributed by atoms with Crippen LogP contribution in [0.2, 0.25) is 0 Å². The predicted molar refractivity (Wildman–Crippen MR) is 335 cm³/mol. The third-order valence-corrected chi connectivity index (χ3v) is 20.3. The fourth-order valence-corrected chi connectivity index (χ4v) is 15.1. The maximum atomic E-state index is 13.9. The summed E-state index contributed by atoms with van der Waals surface area (Å²) >= 11 is 0. The largest absolute Gasteiger partial charge is 0.456 e. The van der Waals surface area contributed by atoms with Crippen LogP contribution in [0.4, 0.5) is 34.1 Å². The van der Waals surface area contributed by atoms with Crippen molar-refractivity contribution in [3.05, 3.63) is 224 Å². The smallest absolute Gasteiger partial charge is 0.340 e. The van der Waals surface area contributed by atoms with E-state index in [4.69, 9.17) is 18.9 Å². The van der Waals surface area contributed by atoms with E-state index < -0.39 is 11.2 Å². The van der Waals surface area contributed by atoms with Gasteiger partial charge in [0.2, 0.25) is 0 Å². The average molecular weight is 1120 g/mol. The molecular formula is C74H74N4O6. The molecule has 14 rings (SSSR count). The molecule has 0 amide bonds. The van der Waals surface area contributed by atoms with Crippen molar-refractivity contribution < 1.29 is 28.5 Å². The molecule has 4 heterocycles. The summed E-state index contributed by atoms with van der Waals surface area (Å²) < 4.78 is 27.1. The highest BCUT2D eigenvalue weighted by Gasteiger charge is 2.55. The van der Waals surface area contributed by atoms with E-state index in [9.17, 15) is 9.59 Å². The fraction of sp³-hybridized carbons (Fsp3) is 0.324. The Morgan fingerprint density at radius 1 is 0.440 bits per heavy atom. The molecule has 2 aliphatic carbocycles. The SMILES string of the molecule is CCC(C)(c1ccc(N(C)c2cc3c(cc2C)Oc2cc(N(C)C4CCCCC4)ccc2C32OC(=O)c3ccccc32)cc1)c1ccc(N(C)c2cc3c(cc2C)Oc2cc(N(C)C4CCCCC4)ccc2C32OC(=O)c3ccccc32)cc1. The standard InChI is InChI=1S/C74H74N4O6/c1-9-72(4,48-28-32-52(33-29-48)77(7)64-44-62-66(40-46(64)2)81-68-42-54(75(5)50-20-12-10-13-21-50)36-38-60(68)73(62)58-26-18-16-24-56(58)70(79)83-73)49-30-34-53(35-31-49)78(8)65-45-63-67(41-47(65)3)82-69-43-55(76(6)51-22-14-11-15-23-51)37-39-61(69)74(63)59-27-19-17-25-57(59)71(80)84-74/h16-19,24-45,50-51H,9-15,20-23H2,1-8H3. The molecule has 0 saturated heterocycles. The summed E-state index contributed by atoms with van der Waals surface area (Å²) in [7, 11) is 8.59. The summed E-state index contributed by atoms with van der Waals surface area (Å²) in [5.74, 6) is 2.12. The number of aryl methyl sites for hydroxylation is 2. The molecular weight excluding hydrogens is 1040 g/mol. The average Bonchev–Trinajstić information content (AvgIpc) is 2.01. The normalized spacial score (nSPS) is 20.0. The van der Waals surface area contributed by atoms with Crippen molar-refractivity contribution in [2.45, 2.75) is 127 Å². The van der Waals surface area contributed by atoms with Crippen LogP contribution < -0.4 is 29.1 Å². The molecule has 2 unspecified atom stereocenters. The van der Waals surface area contributed by atoms with Gasteiger partial charge in [-0.05, 0) is 153 Å². The number of ether oxygens (including phenoxy) is 4. The van der Waals surface area contributed by atoms with Gasteiger partial charge in [0.05, 0.1) is 11.1 Å². The third-order valence-electron chi connectivity index (χ3n) is 20.3. The zero-order valence-electron chi connectivity index (χ0n) is 49.7. The summed E-state index contributed by atoms with van der Waals surface area (Å²) in [6.45, 7) is 8.83. The van der Waals surface area contributed by atoms with Crippen molar-refractivity contribution in [2.75, 3.05) is 47.8 Å². The van der Waals surface area contributed by atoms with Crippen LogP contribution in [0.3, 0.4) is 0 Å². The van der Waals surface area contributed by atoms with E-state index in [1.165, 1.54) is 75.3 Å². The first-order valence-corrected chi connectivity index (χ1v) is 30.5. The first-order valence-electron chi connectivity index (χ1n) is 30.5. The lowest BCUT2D eigenvalue weighted by Crippen LogP contribution is -2.35. The lowest BCUT2D eigenvalue weighted by molar-refractivity contribution is 0.0214. The molecule has 0 radical (unpaired) electrons. The number of fused-ring (bicyclic) bond motifs is 12. The minimum Gasteiger partial charge on any atom is -0.456 e. The minimum absolute atomic E-state index is 0.290. The lowest BCUT2D eigenvalue weighted by atomic mass is 9.74. The summed E-state index contributed by atoms with van der Waals surface area (Å²) in [5.41, 5.74) is 14.2. The first kappa shape index (κ1) is 53.5. The lowest BCUT2D eigenvalue weighted by Gasteiger charge is -2.39. The van der Waals surface area contributed by atoms with Gasteiger partial charge in [-0.25, -0.2) is 9.59 Å². The molecule has 0 N–H and O–H groups in total. The highest BCUT2D eigenvalue weighted by Crippen LogP contribution is 2.60. The monoisotopic (exact) mass is 1110 g/mol. The van der Waals surface area contributed by atoms with Gasteiger partial charge in [-0.3, -0.25) is 0 Å². The number of carbonyl (C=O) groups excluding carboxylic acids is 2. The Bertz CT molecular complexity index is 3690. The van der Waals surface area contributed by atoms with E-state index in [0.29, 0.717) is 46.2 Å². The molecule has 2 saturated carbocycles. The van der Waals surface area contributed by atoms with Gasteiger partial charge >= 0.3 is 11.9 Å². The molecule has 0 aromatic heterocycles. The van der Waals surface area contributed by atoms with Crippen molar-refractivity contribution in [1.82, 2.24) is 0 Å². The summed E-state index contributed by atoms with van der Waals surface area (Å²) in [6.07, 6.45) is 13.2. The van der Waals surface area contributed by atoms with Crippen LogP contribution in [0.5, 0.6) is 23.0 Å². The quantitative estimate of drug-likeness (QED) is 0.117. The molecule has 10 nitrogen and oxygen atoms in total. The molecule has 6 aliphatic rings. The molecule has 426 valence electrons.